The molecule has 1 aromatic carbocycles. The number of hydrogen-bond donors (Lipinski definition) is 0. The first kappa shape index (κ1) is 9.60. The highest BCUT2D eigenvalue weighted by atomic mass is 16.5. The number of nitrogens with zero attached hydrogens (tertiary/aromatic N) is 1. The lowest BCUT2D eigenvalue weighted by atomic mass is 10.2. The molecule has 0 bridgehead atoms. The Balaban J connectivity index is 2.52. The zero-order valence-electron chi connectivity index (χ0n) is 7.71. The molecule has 0 aliphatic carbocycles. The predicted octanol–water partition coefficient (Wildman–Crippen LogP) is 2.54. The van der Waals surface area contributed by atoms with Crippen molar-refractivity contribution in [2.75, 3.05) is 6.61 Å². The average molecular weight is 174 g/mol. The van der Waals surface area contributed by atoms with Crippen LogP contribution in [0.25, 0.3) is 0 Å². The average Bonchev–Trinajstić information content (AvgIpc) is 2.19. The molecule has 0 unspecified atom stereocenters. The standard InChI is InChI=1S/C11H12NO/c1-2-3-7-13-11-6-4-5-10(8-11)9-12/h5-6,8H,2-3,7H2,1H3. The summed E-state index contributed by atoms with van der Waals surface area (Å²) in [5, 5.41) is 8.61. The molecular formula is C11H12NO. The minimum atomic E-state index is 0.592. The molecule has 1 aromatic rings. The maximum atomic E-state index is 8.61. The van der Waals surface area contributed by atoms with Gasteiger partial charge in [-0.3, -0.25) is 0 Å². The Morgan fingerprint density at radius 3 is 3.08 bits per heavy atom. The second kappa shape index (κ2) is 5.21. The van der Waals surface area contributed by atoms with Gasteiger partial charge >= 0.3 is 0 Å². The van der Waals surface area contributed by atoms with Crippen LogP contribution < -0.4 is 4.74 Å². The van der Waals surface area contributed by atoms with Crippen LogP contribution in [0.15, 0.2) is 18.2 Å². The first-order valence-electron chi connectivity index (χ1n) is 4.41. The van der Waals surface area contributed by atoms with Crippen LogP contribution in [0.1, 0.15) is 25.3 Å². The molecule has 0 heterocycles. The Bertz CT molecular complexity index is 301. The van der Waals surface area contributed by atoms with Crippen molar-refractivity contribution in [3.63, 3.8) is 0 Å². The molecule has 2 heteroatoms. The lowest BCUT2D eigenvalue weighted by Gasteiger charge is -2.04. The van der Waals surface area contributed by atoms with Gasteiger partial charge in [0.25, 0.3) is 0 Å². The van der Waals surface area contributed by atoms with E-state index < -0.39 is 0 Å². The van der Waals surface area contributed by atoms with Crippen molar-refractivity contribution < 1.29 is 4.74 Å². The maximum absolute atomic E-state index is 8.61. The first-order valence-corrected chi connectivity index (χ1v) is 4.41. The zero-order chi connectivity index (χ0) is 9.52. The van der Waals surface area contributed by atoms with Crippen LogP contribution in [0.3, 0.4) is 0 Å². The predicted molar refractivity (Wildman–Crippen MR) is 50.4 cm³/mol. The van der Waals surface area contributed by atoms with Crippen molar-refractivity contribution in [1.29, 1.82) is 5.26 Å². The van der Waals surface area contributed by atoms with Crippen molar-refractivity contribution >= 4 is 0 Å². The van der Waals surface area contributed by atoms with Crippen LogP contribution in [0, 0.1) is 17.4 Å². The van der Waals surface area contributed by atoms with Gasteiger partial charge in [-0.05, 0) is 30.7 Å². The van der Waals surface area contributed by atoms with E-state index in [-0.39, 0.29) is 0 Å². The second-order valence-corrected chi connectivity index (χ2v) is 2.77. The molecule has 1 radical (unpaired) electrons. The second-order valence-electron chi connectivity index (χ2n) is 2.77. The Hall–Kier alpha value is -1.49. The number of hydrogen-bond acceptors (Lipinski definition) is 2. The first-order chi connectivity index (χ1) is 6.36. The molecule has 0 spiro atoms. The molecule has 0 fully saturated rings. The summed E-state index contributed by atoms with van der Waals surface area (Å²) < 4.78 is 5.41. The summed E-state index contributed by atoms with van der Waals surface area (Å²) in [5.41, 5.74) is 0.592. The molecule has 0 aliphatic heterocycles. The van der Waals surface area contributed by atoms with Crippen LogP contribution in [0.4, 0.5) is 0 Å². The van der Waals surface area contributed by atoms with Gasteiger partial charge in [-0.2, -0.15) is 5.26 Å². The van der Waals surface area contributed by atoms with E-state index in [1.54, 1.807) is 18.2 Å². The monoisotopic (exact) mass is 174 g/mol. The lowest BCUT2D eigenvalue weighted by Crippen LogP contribution is -1.96. The SMILES string of the molecule is CCCCOc1c[c]cc(C#N)c1. The van der Waals surface area contributed by atoms with E-state index in [1.807, 2.05) is 6.07 Å². The molecule has 67 valence electrons. The summed E-state index contributed by atoms with van der Waals surface area (Å²) in [7, 11) is 0. The van der Waals surface area contributed by atoms with Crippen molar-refractivity contribution in [3.8, 4) is 11.8 Å². The Kier molecular flexibility index (Phi) is 3.84. The molecule has 0 amide bonds. The topological polar surface area (TPSA) is 33.0 Å². The van der Waals surface area contributed by atoms with E-state index in [0.717, 1.165) is 18.6 Å². The fraction of sp³-hybridized carbons (Fsp3) is 0.364. The minimum Gasteiger partial charge on any atom is -0.494 e. The molecule has 0 aromatic heterocycles. The number of nitriles is 1. The summed E-state index contributed by atoms with van der Waals surface area (Å²) in [5.74, 6) is 0.729. The summed E-state index contributed by atoms with van der Waals surface area (Å²) in [6, 6.07) is 10.0. The third-order valence-corrected chi connectivity index (χ3v) is 1.66. The zero-order valence-corrected chi connectivity index (χ0v) is 7.71. The summed E-state index contributed by atoms with van der Waals surface area (Å²) in [6.07, 6.45) is 2.15. The third-order valence-electron chi connectivity index (χ3n) is 1.66. The number of rotatable bonds is 4. The minimum absolute atomic E-state index is 0.592. The summed E-state index contributed by atoms with van der Waals surface area (Å²) >= 11 is 0. The number of ether oxygens (including phenoxy) is 1. The summed E-state index contributed by atoms with van der Waals surface area (Å²) in [6.45, 7) is 2.82. The van der Waals surface area contributed by atoms with Crippen molar-refractivity contribution in [2.24, 2.45) is 0 Å². The molecule has 1 rings (SSSR count). The molecule has 0 saturated heterocycles. The van der Waals surface area contributed by atoms with Crippen molar-refractivity contribution in [3.05, 3.63) is 29.8 Å². The van der Waals surface area contributed by atoms with Gasteiger partial charge in [0.1, 0.15) is 5.75 Å². The van der Waals surface area contributed by atoms with E-state index in [1.165, 1.54) is 0 Å². The Labute approximate surface area is 78.8 Å². The smallest absolute Gasteiger partial charge is 0.121 e. The van der Waals surface area contributed by atoms with Gasteiger partial charge in [-0.1, -0.05) is 13.3 Å². The van der Waals surface area contributed by atoms with Crippen LogP contribution >= 0.6 is 0 Å². The van der Waals surface area contributed by atoms with Gasteiger partial charge in [0, 0.05) is 0 Å². The van der Waals surface area contributed by atoms with Gasteiger partial charge in [-0.25, -0.2) is 0 Å². The Morgan fingerprint density at radius 1 is 1.54 bits per heavy atom. The van der Waals surface area contributed by atoms with Gasteiger partial charge in [0.05, 0.1) is 18.2 Å². The van der Waals surface area contributed by atoms with Crippen LogP contribution in [0.5, 0.6) is 5.75 Å². The highest BCUT2D eigenvalue weighted by Crippen LogP contribution is 2.12. The van der Waals surface area contributed by atoms with Gasteiger partial charge in [0.2, 0.25) is 0 Å². The molecular weight excluding hydrogens is 162 g/mol. The van der Waals surface area contributed by atoms with E-state index in [0.29, 0.717) is 12.2 Å². The molecule has 13 heavy (non-hydrogen) atoms. The quantitative estimate of drug-likeness (QED) is 0.657. The Morgan fingerprint density at radius 2 is 2.38 bits per heavy atom. The normalized spacial score (nSPS) is 9.23. The van der Waals surface area contributed by atoms with Crippen LogP contribution in [0.2, 0.25) is 0 Å². The lowest BCUT2D eigenvalue weighted by molar-refractivity contribution is 0.309. The van der Waals surface area contributed by atoms with E-state index in [9.17, 15) is 0 Å². The van der Waals surface area contributed by atoms with Crippen molar-refractivity contribution in [2.45, 2.75) is 19.8 Å². The van der Waals surface area contributed by atoms with Crippen LogP contribution in [-0.2, 0) is 0 Å². The van der Waals surface area contributed by atoms with E-state index in [4.69, 9.17) is 10.00 Å². The molecule has 0 N–H and O–H groups in total. The molecule has 0 atom stereocenters. The molecule has 0 saturated carbocycles. The fourth-order valence-corrected chi connectivity index (χ4v) is 0.932. The number of benzene rings is 1. The van der Waals surface area contributed by atoms with E-state index in [2.05, 4.69) is 13.0 Å². The highest BCUT2D eigenvalue weighted by Gasteiger charge is 1.94. The molecule has 2 nitrogen and oxygen atoms in total. The van der Waals surface area contributed by atoms with Gasteiger partial charge in [-0.15, -0.1) is 0 Å². The summed E-state index contributed by atoms with van der Waals surface area (Å²) in [4.78, 5) is 0. The van der Waals surface area contributed by atoms with Gasteiger partial charge in [0.15, 0.2) is 0 Å². The largest absolute Gasteiger partial charge is 0.494 e. The maximum Gasteiger partial charge on any atom is 0.121 e. The van der Waals surface area contributed by atoms with Gasteiger partial charge < -0.3 is 4.74 Å². The van der Waals surface area contributed by atoms with E-state index >= 15 is 0 Å². The highest BCUT2D eigenvalue weighted by molar-refractivity contribution is 5.35. The van der Waals surface area contributed by atoms with Crippen LogP contribution in [-0.4, -0.2) is 6.61 Å². The molecule has 0 aliphatic rings. The fourth-order valence-electron chi connectivity index (χ4n) is 0.932. The third kappa shape index (κ3) is 3.16. The van der Waals surface area contributed by atoms with Crippen molar-refractivity contribution in [1.82, 2.24) is 0 Å². The number of unbranched alkanes of at least 4 members (excludes halogenated alkanes) is 1.